The number of rotatable bonds is 3. The first-order valence-corrected chi connectivity index (χ1v) is 8.66. The zero-order valence-electron chi connectivity index (χ0n) is 13.5. The van der Waals surface area contributed by atoms with Crippen LogP contribution >= 0.6 is 0 Å². The number of carbonyl (C=O) groups is 1. The van der Waals surface area contributed by atoms with Crippen LogP contribution in [-0.4, -0.2) is 24.8 Å². The second kappa shape index (κ2) is 6.04. The Morgan fingerprint density at radius 3 is 2.96 bits per heavy atom. The summed E-state index contributed by atoms with van der Waals surface area (Å²) >= 11 is 0. The van der Waals surface area contributed by atoms with Crippen LogP contribution in [-0.2, 0) is 4.79 Å². The van der Waals surface area contributed by atoms with Gasteiger partial charge in [-0.3, -0.25) is 4.79 Å². The van der Waals surface area contributed by atoms with E-state index < -0.39 is 0 Å². The summed E-state index contributed by atoms with van der Waals surface area (Å²) in [5.41, 5.74) is 1.04. The van der Waals surface area contributed by atoms with Crippen molar-refractivity contribution in [2.45, 2.75) is 57.2 Å². The van der Waals surface area contributed by atoms with Gasteiger partial charge in [0.2, 0.25) is 12.7 Å². The molecule has 1 saturated heterocycles. The first kappa shape index (κ1) is 14.8. The van der Waals surface area contributed by atoms with Crippen LogP contribution in [0.15, 0.2) is 18.2 Å². The predicted molar refractivity (Wildman–Crippen MR) is 86.4 cm³/mol. The molecule has 3 aliphatic rings. The minimum absolute atomic E-state index is 0.0403. The van der Waals surface area contributed by atoms with Crippen molar-refractivity contribution in [3.05, 3.63) is 23.8 Å². The SMILES string of the molecule is CC(NC(=O)C1CC2CCCCC2N1)c1ccc2c(c1)OCO2. The van der Waals surface area contributed by atoms with Crippen molar-refractivity contribution in [2.24, 2.45) is 5.92 Å². The van der Waals surface area contributed by atoms with Crippen LogP contribution in [0.25, 0.3) is 0 Å². The fourth-order valence-corrected chi connectivity index (χ4v) is 4.10. The van der Waals surface area contributed by atoms with Crippen LogP contribution in [0.3, 0.4) is 0 Å². The van der Waals surface area contributed by atoms with Crippen LogP contribution in [0.1, 0.15) is 50.6 Å². The average molecular weight is 316 g/mol. The molecule has 4 rings (SSSR count). The van der Waals surface area contributed by atoms with E-state index in [1.54, 1.807) is 0 Å². The maximum absolute atomic E-state index is 12.6. The molecule has 23 heavy (non-hydrogen) atoms. The molecule has 5 nitrogen and oxygen atoms in total. The lowest BCUT2D eigenvalue weighted by atomic mass is 9.85. The summed E-state index contributed by atoms with van der Waals surface area (Å²) in [5, 5.41) is 6.68. The molecule has 2 aliphatic heterocycles. The van der Waals surface area contributed by atoms with Gasteiger partial charge in [-0.15, -0.1) is 0 Å². The Bertz CT molecular complexity index is 590. The molecular weight excluding hydrogens is 292 g/mol. The summed E-state index contributed by atoms with van der Waals surface area (Å²) < 4.78 is 10.7. The third-order valence-corrected chi connectivity index (χ3v) is 5.43. The Labute approximate surface area is 136 Å². The molecule has 0 aromatic heterocycles. The molecule has 5 heteroatoms. The summed E-state index contributed by atoms with van der Waals surface area (Å²) in [4.78, 5) is 12.6. The van der Waals surface area contributed by atoms with E-state index in [-0.39, 0.29) is 24.8 Å². The molecule has 0 spiro atoms. The largest absolute Gasteiger partial charge is 0.454 e. The lowest BCUT2D eigenvalue weighted by molar-refractivity contribution is -0.123. The Morgan fingerprint density at radius 2 is 2.09 bits per heavy atom. The second-order valence-electron chi connectivity index (χ2n) is 6.95. The molecule has 2 N–H and O–H groups in total. The minimum Gasteiger partial charge on any atom is -0.454 e. The highest BCUT2D eigenvalue weighted by atomic mass is 16.7. The lowest BCUT2D eigenvalue weighted by Gasteiger charge is -2.24. The molecular formula is C18H24N2O3. The summed E-state index contributed by atoms with van der Waals surface area (Å²) in [6.45, 7) is 2.28. The van der Waals surface area contributed by atoms with E-state index in [1.807, 2.05) is 25.1 Å². The van der Waals surface area contributed by atoms with Crippen LogP contribution in [0, 0.1) is 5.92 Å². The van der Waals surface area contributed by atoms with Gasteiger partial charge in [0, 0.05) is 6.04 Å². The molecule has 1 saturated carbocycles. The summed E-state index contributed by atoms with van der Waals surface area (Å²) in [6, 6.07) is 6.30. The Kier molecular flexibility index (Phi) is 3.89. The number of benzene rings is 1. The van der Waals surface area contributed by atoms with Gasteiger partial charge in [-0.25, -0.2) is 0 Å². The Hall–Kier alpha value is -1.75. The second-order valence-corrected chi connectivity index (χ2v) is 6.95. The van der Waals surface area contributed by atoms with E-state index >= 15 is 0 Å². The molecule has 2 heterocycles. The van der Waals surface area contributed by atoms with E-state index in [0.29, 0.717) is 12.0 Å². The summed E-state index contributed by atoms with van der Waals surface area (Å²) in [6.07, 6.45) is 6.05. The summed E-state index contributed by atoms with van der Waals surface area (Å²) in [5.74, 6) is 2.33. The fourth-order valence-electron chi connectivity index (χ4n) is 4.10. The molecule has 4 atom stereocenters. The first-order chi connectivity index (χ1) is 11.2. The van der Waals surface area contributed by atoms with Crippen molar-refractivity contribution in [2.75, 3.05) is 6.79 Å². The topological polar surface area (TPSA) is 59.6 Å². The smallest absolute Gasteiger partial charge is 0.237 e. The lowest BCUT2D eigenvalue weighted by Crippen LogP contribution is -2.43. The zero-order valence-corrected chi connectivity index (χ0v) is 13.5. The van der Waals surface area contributed by atoms with Gasteiger partial charge in [0.15, 0.2) is 11.5 Å². The number of hydrogen-bond donors (Lipinski definition) is 2. The van der Waals surface area contributed by atoms with Crippen molar-refractivity contribution < 1.29 is 14.3 Å². The van der Waals surface area contributed by atoms with Crippen molar-refractivity contribution in [3.8, 4) is 11.5 Å². The molecule has 2 fully saturated rings. The van der Waals surface area contributed by atoms with Crippen molar-refractivity contribution >= 4 is 5.91 Å². The number of carbonyl (C=O) groups excluding carboxylic acids is 1. The van der Waals surface area contributed by atoms with Crippen LogP contribution < -0.4 is 20.1 Å². The molecule has 1 aromatic rings. The molecule has 1 amide bonds. The van der Waals surface area contributed by atoms with Crippen molar-refractivity contribution in [1.82, 2.24) is 10.6 Å². The molecule has 124 valence electrons. The highest BCUT2D eigenvalue weighted by Crippen LogP contribution is 2.35. The maximum atomic E-state index is 12.6. The van der Waals surface area contributed by atoms with Crippen LogP contribution in [0.5, 0.6) is 11.5 Å². The monoisotopic (exact) mass is 316 g/mol. The molecule has 0 radical (unpaired) electrons. The van der Waals surface area contributed by atoms with Crippen molar-refractivity contribution in [3.63, 3.8) is 0 Å². The van der Waals surface area contributed by atoms with Gasteiger partial charge >= 0.3 is 0 Å². The van der Waals surface area contributed by atoms with E-state index in [1.165, 1.54) is 25.7 Å². The number of hydrogen-bond acceptors (Lipinski definition) is 4. The Morgan fingerprint density at radius 1 is 1.26 bits per heavy atom. The van der Waals surface area contributed by atoms with E-state index in [4.69, 9.17) is 9.47 Å². The molecule has 1 aromatic carbocycles. The fraction of sp³-hybridized carbons (Fsp3) is 0.611. The number of amides is 1. The molecule has 1 aliphatic carbocycles. The zero-order chi connectivity index (χ0) is 15.8. The number of ether oxygens (including phenoxy) is 2. The van der Waals surface area contributed by atoms with E-state index in [0.717, 1.165) is 23.5 Å². The number of nitrogens with one attached hydrogen (secondary N) is 2. The van der Waals surface area contributed by atoms with Crippen molar-refractivity contribution in [1.29, 1.82) is 0 Å². The third kappa shape index (κ3) is 2.90. The third-order valence-electron chi connectivity index (χ3n) is 5.43. The molecule has 0 bridgehead atoms. The normalized spacial score (nSPS) is 29.9. The van der Waals surface area contributed by atoms with E-state index in [2.05, 4.69) is 10.6 Å². The standard InChI is InChI=1S/C18H24N2O3/c1-11(12-6-7-16-17(9-12)23-10-22-16)19-18(21)15-8-13-4-2-3-5-14(13)20-15/h6-7,9,11,13-15,20H,2-5,8,10H2,1H3,(H,19,21). The first-order valence-electron chi connectivity index (χ1n) is 8.66. The van der Waals surface area contributed by atoms with Gasteiger partial charge in [0.25, 0.3) is 0 Å². The van der Waals surface area contributed by atoms with Gasteiger partial charge < -0.3 is 20.1 Å². The minimum atomic E-state index is -0.0421. The number of fused-ring (bicyclic) bond motifs is 2. The maximum Gasteiger partial charge on any atom is 0.237 e. The van der Waals surface area contributed by atoms with Gasteiger partial charge in [-0.2, -0.15) is 0 Å². The van der Waals surface area contributed by atoms with Crippen LogP contribution in [0.4, 0.5) is 0 Å². The highest BCUT2D eigenvalue weighted by molar-refractivity contribution is 5.82. The van der Waals surface area contributed by atoms with E-state index in [9.17, 15) is 4.79 Å². The van der Waals surface area contributed by atoms with Crippen LogP contribution in [0.2, 0.25) is 0 Å². The highest BCUT2D eigenvalue weighted by Gasteiger charge is 2.38. The van der Waals surface area contributed by atoms with Gasteiger partial charge in [0.1, 0.15) is 0 Å². The Balaban J connectivity index is 1.38. The average Bonchev–Trinajstić information content (AvgIpc) is 3.20. The predicted octanol–water partition coefficient (Wildman–Crippen LogP) is 2.51. The van der Waals surface area contributed by atoms with Gasteiger partial charge in [0.05, 0.1) is 12.1 Å². The van der Waals surface area contributed by atoms with Gasteiger partial charge in [-0.05, 0) is 49.8 Å². The quantitative estimate of drug-likeness (QED) is 0.899. The molecule has 4 unspecified atom stereocenters. The summed E-state index contributed by atoms with van der Waals surface area (Å²) in [7, 11) is 0. The van der Waals surface area contributed by atoms with Gasteiger partial charge in [-0.1, -0.05) is 18.9 Å².